The fraction of sp³-hybridized carbons (Fsp3) is 0.235. The van der Waals surface area contributed by atoms with Crippen LogP contribution in [0.4, 0.5) is 11.4 Å². The first kappa shape index (κ1) is 16.9. The SMILES string of the molecule is CCCCNC(=S)Nc1ccc(-c2ccccc2[N+](=O)[O-])cc1. The summed E-state index contributed by atoms with van der Waals surface area (Å²) < 4.78 is 0. The molecular formula is C17H19N3O2S. The monoisotopic (exact) mass is 329 g/mol. The predicted molar refractivity (Wildman–Crippen MR) is 97.7 cm³/mol. The van der Waals surface area contributed by atoms with Crippen molar-refractivity contribution in [2.45, 2.75) is 19.8 Å². The van der Waals surface area contributed by atoms with Crippen molar-refractivity contribution in [3.05, 3.63) is 58.6 Å². The van der Waals surface area contributed by atoms with Crippen molar-refractivity contribution in [3.63, 3.8) is 0 Å². The van der Waals surface area contributed by atoms with E-state index in [9.17, 15) is 10.1 Å². The number of unbranched alkanes of at least 4 members (excludes halogenated alkanes) is 1. The van der Waals surface area contributed by atoms with Crippen LogP contribution in [0.1, 0.15) is 19.8 Å². The average Bonchev–Trinajstić information content (AvgIpc) is 2.56. The normalized spacial score (nSPS) is 10.1. The molecule has 5 nitrogen and oxygen atoms in total. The Kier molecular flexibility index (Phi) is 6.05. The van der Waals surface area contributed by atoms with Crippen LogP contribution in [0.2, 0.25) is 0 Å². The molecule has 0 atom stereocenters. The second-order valence-electron chi connectivity index (χ2n) is 5.09. The first-order valence-electron chi connectivity index (χ1n) is 7.50. The van der Waals surface area contributed by atoms with Crippen LogP contribution < -0.4 is 10.6 Å². The fourth-order valence-electron chi connectivity index (χ4n) is 2.16. The van der Waals surface area contributed by atoms with Gasteiger partial charge in [-0.3, -0.25) is 10.1 Å². The fourth-order valence-corrected chi connectivity index (χ4v) is 2.38. The van der Waals surface area contributed by atoms with Crippen molar-refractivity contribution in [2.24, 2.45) is 0 Å². The van der Waals surface area contributed by atoms with E-state index in [1.54, 1.807) is 18.2 Å². The van der Waals surface area contributed by atoms with E-state index in [0.717, 1.165) is 30.6 Å². The quantitative estimate of drug-likeness (QED) is 0.357. The van der Waals surface area contributed by atoms with Crippen LogP contribution in [0.5, 0.6) is 0 Å². The molecule has 0 aliphatic carbocycles. The lowest BCUT2D eigenvalue weighted by Crippen LogP contribution is -2.29. The molecule has 2 N–H and O–H groups in total. The molecule has 0 saturated heterocycles. The van der Waals surface area contributed by atoms with Crippen molar-refractivity contribution in [2.75, 3.05) is 11.9 Å². The third kappa shape index (κ3) is 4.75. The second-order valence-corrected chi connectivity index (χ2v) is 5.49. The average molecular weight is 329 g/mol. The van der Waals surface area contributed by atoms with E-state index in [2.05, 4.69) is 17.6 Å². The summed E-state index contributed by atoms with van der Waals surface area (Å²) in [6.07, 6.45) is 2.18. The van der Waals surface area contributed by atoms with Gasteiger partial charge < -0.3 is 10.6 Å². The minimum atomic E-state index is -0.367. The highest BCUT2D eigenvalue weighted by Crippen LogP contribution is 2.30. The van der Waals surface area contributed by atoms with Crippen molar-refractivity contribution < 1.29 is 4.92 Å². The number of hydrogen-bond acceptors (Lipinski definition) is 3. The van der Waals surface area contributed by atoms with Gasteiger partial charge in [-0.25, -0.2) is 0 Å². The standard InChI is InChI=1S/C17H19N3O2S/c1-2-3-12-18-17(23)19-14-10-8-13(9-11-14)15-6-4-5-7-16(15)20(21)22/h4-11H,2-3,12H2,1H3,(H2,18,19,23). The summed E-state index contributed by atoms with van der Waals surface area (Å²) in [5.74, 6) is 0. The Hall–Kier alpha value is -2.47. The number of benzene rings is 2. The lowest BCUT2D eigenvalue weighted by molar-refractivity contribution is -0.384. The van der Waals surface area contributed by atoms with Gasteiger partial charge in [-0.1, -0.05) is 37.6 Å². The van der Waals surface area contributed by atoms with E-state index in [4.69, 9.17) is 12.2 Å². The Morgan fingerprint density at radius 1 is 1.17 bits per heavy atom. The van der Waals surface area contributed by atoms with Crippen LogP contribution in [0, 0.1) is 10.1 Å². The molecule has 0 bridgehead atoms. The number of anilines is 1. The molecule has 2 rings (SSSR count). The predicted octanol–water partition coefficient (Wildman–Crippen LogP) is 4.35. The lowest BCUT2D eigenvalue weighted by Gasteiger charge is -2.10. The molecule has 0 spiro atoms. The summed E-state index contributed by atoms with van der Waals surface area (Å²) in [6.45, 7) is 2.97. The molecule has 0 aliphatic rings. The van der Waals surface area contributed by atoms with Gasteiger partial charge in [-0.05, 0) is 42.4 Å². The first-order valence-corrected chi connectivity index (χ1v) is 7.91. The van der Waals surface area contributed by atoms with Gasteiger partial charge in [0.05, 0.1) is 10.5 Å². The molecule has 0 fully saturated rings. The molecule has 23 heavy (non-hydrogen) atoms. The van der Waals surface area contributed by atoms with Crippen LogP contribution in [0.3, 0.4) is 0 Å². The summed E-state index contributed by atoms with van der Waals surface area (Å²) in [5.41, 5.74) is 2.35. The molecule has 0 saturated carbocycles. The highest BCUT2D eigenvalue weighted by Gasteiger charge is 2.13. The van der Waals surface area contributed by atoms with Crippen molar-refractivity contribution >= 4 is 28.7 Å². The van der Waals surface area contributed by atoms with E-state index in [-0.39, 0.29) is 10.6 Å². The van der Waals surface area contributed by atoms with E-state index in [1.165, 1.54) is 6.07 Å². The molecule has 0 amide bonds. The lowest BCUT2D eigenvalue weighted by atomic mass is 10.0. The van der Waals surface area contributed by atoms with Crippen molar-refractivity contribution in [1.82, 2.24) is 5.32 Å². The van der Waals surface area contributed by atoms with E-state index >= 15 is 0 Å². The zero-order valence-electron chi connectivity index (χ0n) is 12.9. The highest BCUT2D eigenvalue weighted by molar-refractivity contribution is 7.80. The highest BCUT2D eigenvalue weighted by atomic mass is 32.1. The van der Waals surface area contributed by atoms with Crippen LogP contribution in [-0.4, -0.2) is 16.6 Å². The number of nitro benzene ring substituents is 1. The molecular weight excluding hydrogens is 310 g/mol. The Bertz CT molecular complexity index is 686. The van der Waals surface area contributed by atoms with Gasteiger partial charge in [-0.2, -0.15) is 0 Å². The summed E-state index contributed by atoms with van der Waals surface area (Å²) in [6, 6.07) is 14.1. The molecule has 0 unspecified atom stereocenters. The summed E-state index contributed by atoms with van der Waals surface area (Å²) in [5, 5.41) is 17.9. The van der Waals surface area contributed by atoms with Crippen molar-refractivity contribution in [3.8, 4) is 11.1 Å². The Morgan fingerprint density at radius 3 is 2.52 bits per heavy atom. The number of nitrogens with zero attached hydrogens (tertiary/aromatic N) is 1. The third-order valence-corrected chi connectivity index (χ3v) is 3.62. The Balaban J connectivity index is 2.08. The van der Waals surface area contributed by atoms with Gasteiger partial charge in [0.2, 0.25) is 0 Å². The van der Waals surface area contributed by atoms with Crippen LogP contribution in [0.25, 0.3) is 11.1 Å². The van der Waals surface area contributed by atoms with Gasteiger partial charge in [0.15, 0.2) is 5.11 Å². The van der Waals surface area contributed by atoms with E-state index < -0.39 is 0 Å². The molecule has 120 valence electrons. The minimum Gasteiger partial charge on any atom is -0.362 e. The number of nitro groups is 1. The van der Waals surface area contributed by atoms with Crippen LogP contribution in [0.15, 0.2) is 48.5 Å². The van der Waals surface area contributed by atoms with Gasteiger partial charge in [0, 0.05) is 18.3 Å². The molecule has 6 heteroatoms. The van der Waals surface area contributed by atoms with Crippen LogP contribution in [-0.2, 0) is 0 Å². The summed E-state index contributed by atoms with van der Waals surface area (Å²) >= 11 is 5.22. The number of para-hydroxylation sites is 1. The molecule has 0 aromatic heterocycles. The van der Waals surface area contributed by atoms with Gasteiger partial charge in [-0.15, -0.1) is 0 Å². The maximum Gasteiger partial charge on any atom is 0.277 e. The van der Waals surface area contributed by atoms with Crippen LogP contribution >= 0.6 is 12.2 Å². The summed E-state index contributed by atoms with van der Waals surface area (Å²) in [7, 11) is 0. The third-order valence-electron chi connectivity index (χ3n) is 3.37. The maximum atomic E-state index is 11.1. The molecule has 0 heterocycles. The number of rotatable bonds is 6. The smallest absolute Gasteiger partial charge is 0.277 e. The molecule has 0 radical (unpaired) electrons. The Morgan fingerprint density at radius 2 is 1.87 bits per heavy atom. The zero-order chi connectivity index (χ0) is 16.7. The topological polar surface area (TPSA) is 67.2 Å². The van der Waals surface area contributed by atoms with E-state index in [0.29, 0.717) is 10.7 Å². The zero-order valence-corrected chi connectivity index (χ0v) is 13.7. The largest absolute Gasteiger partial charge is 0.362 e. The number of hydrogen-bond donors (Lipinski definition) is 2. The van der Waals surface area contributed by atoms with Crippen molar-refractivity contribution in [1.29, 1.82) is 0 Å². The summed E-state index contributed by atoms with van der Waals surface area (Å²) in [4.78, 5) is 10.7. The molecule has 0 aliphatic heterocycles. The minimum absolute atomic E-state index is 0.102. The Labute approximate surface area is 140 Å². The van der Waals surface area contributed by atoms with Gasteiger partial charge in [0.1, 0.15) is 0 Å². The van der Waals surface area contributed by atoms with E-state index in [1.807, 2.05) is 24.3 Å². The molecule has 2 aromatic rings. The number of nitrogens with one attached hydrogen (secondary N) is 2. The molecule has 2 aromatic carbocycles. The van der Waals surface area contributed by atoms with Gasteiger partial charge in [0.25, 0.3) is 5.69 Å². The number of thiocarbonyl (C=S) groups is 1. The second kappa shape index (κ2) is 8.24. The first-order chi connectivity index (χ1) is 11.1. The maximum absolute atomic E-state index is 11.1. The van der Waals surface area contributed by atoms with Gasteiger partial charge >= 0.3 is 0 Å².